The van der Waals surface area contributed by atoms with Crippen LogP contribution in [0.4, 0.5) is 18.0 Å². The average Bonchev–Trinajstić information content (AvgIpc) is 2.78. The summed E-state index contributed by atoms with van der Waals surface area (Å²) in [5, 5.41) is 11.4. The van der Waals surface area contributed by atoms with Gasteiger partial charge in [0, 0.05) is 13.6 Å². The Balaban J connectivity index is 2.59. The number of Topliss-reactive ketones (excluding diaryl/α,β-unsaturated/α-hetero) is 1. The van der Waals surface area contributed by atoms with Crippen LogP contribution in [0.5, 0.6) is 5.75 Å². The van der Waals surface area contributed by atoms with E-state index in [-0.39, 0.29) is 5.56 Å². The number of carboxylic acid groups (broad SMARTS) is 1. The smallest absolute Gasteiger partial charge is 0.317 e. The molecule has 0 unspecified atom stereocenters. The molecule has 0 spiro atoms. The van der Waals surface area contributed by atoms with Crippen LogP contribution in [-0.4, -0.2) is 54.0 Å². The number of nitrogens with one attached hydrogen (secondary N) is 1. The van der Waals surface area contributed by atoms with Crippen molar-refractivity contribution in [1.82, 2.24) is 10.2 Å². The number of benzene rings is 1. The van der Waals surface area contributed by atoms with E-state index < -0.39 is 60.1 Å². The van der Waals surface area contributed by atoms with Gasteiger partial charge in [-0.05, 0) is 25.0 Å². The van der Waals surface area contributed by atoms with E-state index in [1.807, 2.05) is 0 Å². The van der Waals surface area contributed by atoms with Crippen molar-refractivity contribution in [3.63, 3.8) is 0 Å². The van der Waals surface area contributed by atoms with Gasteiger partial charge in [-0.15, -0.1) is 0 Å². The van der Waals surface area contributed by atoms with Crippen LogP contribution in [0, 0.1) is 24.4 Å². The molecule has 2 amide bonds. The monoisotopic (exact) mass is 488 g/mol. The molecule has 34 heavy (non-hydrogen) atoms. The summed E-state index contributed by atoms with van der Waals surface area (Å²) in [5.74, 6) is -7.46. The zero-order chi connectivity index (χ0) is 25.7. The number of hydrogen-bond donors (Lipinski definition) is 2. The fourth-order valence-electron chi connectivity index (χ4n) is 3.33. The molecular formula is C24H35F3N2O5. The number of halogens is 3. The molecule has 1 atom stereocenters. The lowest BCUT2D eigenvalue weighted by atomic mass is 10.1. The number of aryl methyl sites for hydroxylation is 1. The number of rotatable bonds is 16. The summed E-state index contributed by atoms with van der Waals surface area (Å²) >= 11 is 0. The van der Waals surface area contributed by atoms with Gasteiger partial charge >= 0.3 is 12.0 Å². The van der Waals surface area contributed by atoms with Crippen LogP contribution in [0.3, 0.4) is 0 Å². The third-order valence-corrected chi connectivity index (χ3v) is 5.42. The Labute approximate surface area is 198 Å². The number of carboxylic acids is 1. The number of aliphatic carboxylic acids is 1. The molecule has 0 aliphatic rings. The quantitative estimate of drug-likeness (QED) is 0.253. The molecule has 1 aromatic rings. The maximum Gasteiger partial charge on any atom is 0.317 e. The van der Waals surface area contributed by atoms with Gasteiger partial charge in [0.05, 0.1) is 6.42 Å². The number of urea groups is 1. The summed E-state index contributed by atoms with van der Waals surface area (Å²) in [7, 11) is 1.52. The van der Waals surface area contributed by atoms with E-state index in [1.54, 1.807) is 0 Å². The van der Waals surface area contributed by atoms with Crippen LogP contribution in [-0.2, 0) is 9.59 Å². The molecule has 10 heteroatoms. The van der Waals surface area contributed by atoms with Crippen molar-refractivity contribution in [2.75, 3.05) is 20.2 Å². The van der Waals surface area contributed by atoms with Gasteiger partial charge in [0.15, 0.2) is 23.2 Å². The van der Waals surface area contributed by atoms with E-state index in [2.05, 4.69) is 12.2 Å². The molecule has 0 radical (unpaired) electrons. The second-order valence-corrected chi connectivity index (χ2v) is 8.38. The van der Waals surface area contributed by atoms with Crippen LogP contribution in [0.2, 0.25) is 0 Å². The van der Waals surface area contributed by atoms with Gasteiger partial charge in [0.25, 0.3) is 0 Å². The largest absolute Gasteiger partial charge is 0.481 e. The number of ether oxygens (including phenoxy) is 1. The molecule has 0 bridgehead atoms. The van der Waals surface area contributed by atoms with Crippen LogP contribution in [0.25, 0.3) is 0 Å². The first-order valence-electron chi connectivity index (χ1n) is 11.6. The number of nitrogens with zero attached hydrogens (tertiary/aromatic N) is 1. The predicted molar refractivity (Wildman–Crippen MR) is 121 cm³/mol. The first kappa shape index (κ1) is 29.3. The SMILES string of the molecule is CCCCCCCCCCN(C)C(=O)N[C@@H](CC(=O)O)C(=O)COc1c(F)c(C)cc(F)c1F. The summed E-state index contributed by atoms with van der Waals surface area (Å²) in [6, 6.07) is -1.48. The second kappa shape index (κ2) is 15.2. The fraction of sp³-hybridized carbons (Fsp3) is 0.625. The van der Waals surface area contributed by atoms with E-state index in [9.17, 15) is 27.6 Å². The van der Waals surface area contributed by atoms with E-state index in [0.29, 0.717) is 12.6 Å². The minimum Gasteiger partial charge on any atom is -0.481 e. The standard InChI is InChI=1S/C24H35F3N2O5/c1-4-5-6-7-8-9-10-11-12-29(3)24(33)28-18(14-20(31)32)19(30)15-34-23-21(26)16(2)13-17(25)22(23)27/h13,18H,4-12,14-15H2,1-3H3,(H,28,33)(H,31,32)/t18-/m0/s1. The third-order valence-electron chi connectivity index (χ3n) is 5.42. The number of ketones is 1. The first-order chi connectivity index (χ1) is 16.1. The molecule has 0 aromatic heterocycles. The molecule has 0 fully saturated rings. The Morgan fingerprint density at radius 1 is 1.03 bits per heavy atom. The van der Waals surface area contributed by atoms with Gasteiger partial charge < -0.3 is 20.1 Å². The van der Waals surface area contributed by atoms with E-state index in [0.717, 1.165) is 25.7 Å². The summed E-state index contributed by atoms with van der Waals surface area (Å²) in [4.78, 5) is 37.3. The molecular weight excluding hydrogens is 453 g/mol. The van der Waals surface area contributed by atoms with Gasteiger partial charge in [-0.3, -0.25) is 9.59 Å². The molecule has 0 saturated carbocycles. The lowest BCUT2D eigenvalue weighted by Gasteiger charge is -2.22. The molecule has 0 aliphatic carbocycles. The molecule has 1 aromatic carbocycles. The second-order valence-electron chi connectivity index (χ2n) is 8.38. The highest BCUT2D eigenvalue weighted by Crippen LogP contribution is 2.26. The minimum atomic E-state index is -1.60. The highest BCUT2D eigenvalue weighted by atomic mass is 19.2. The Kier molecular flexibility index (Phi) is 13.1. The summed E-state index contributed by atoms with van der Waals surface area (Å²) in [6.07, 6.45) is 7.99. The zero-order valence-corrected chi connectivity index (χ0v) is 20.1. The average molecular weight is 489 g/mol. The van der Waals surface area contributed by atoms with Crippen molar-refractivity contribution in [2.24, 2.45) is 0 Å². The summed E-state index contributed by atoms with van der Waals surface area (Å²) in [5.41, 5.74) is -0.223. The van der Waals surface area contributed by atoms with Crippen LogP contribution in [0.15, 0.2) is 6.07 Å². The highest BCUT2D eigenvalue weighted by molar-refractivity contribution is 5.92. The molecule has 0 aliphatic heterocycles. The van der Waals surface area contributed by atoms with Crippen LogP contribution in [0.1, 0.15) is 70.3 Å². The number of carbonyl (C=O) groups is 3. The lowest BCUT2D eigenvalue weighted by Crippen LogP contribution is -2.49. The Bertz CT molecular complexity index is 809. The van der Waals surface area contributed by atoms with Crippen molar-refractivity contribution in [2.45, 2.75) is 77.7 Å². The molecule has 192 valence electrons. The Morgan fingerprint density at radius 3 is 2.21 bits per heavy atom. The number of hydrogen-bond acceptors (Lipinski definition) is 4. The van der Waals surface area contributed by atoms with Crippen LogP contribution < -0.4 is 10.1 Å². The maximum atomic E-state index is 14.1. The van der Waals surface area contributed by atoms with Crippen molar-refractivity contribution in [3.8, 4) is 5.75 Å². The van der Waals surface area contributed by atoms with Gasteiger partial charge in [-0.1, -0.05) is 51.9 Å². The van der Waals surface area contributed by atoms with Gasteiger partial charge in [-0.25, -0.2) is 13.6 Å². The van der Waals surface area contributed by atoms with E-state index in [1.165, 1.54) is 44.6 Å². The molecule has 0 saturated heterocycles. The molecule has 1 rings (SSSR count). The van der Waals surface area contributed by atoms with E-state index in [4.69, 9.17) is 9.84 Å². The van der Waals surface area contributed by atoms with Crippen LogP contribution >= 0.6 is 0 Å². The van der Waals surface area contributed by atoms with Gasteiger partial charge in [0.2, 0.25) is 5.82 Å². The minimum absolute atomic E-state index is 0.223. The molecule has 2 N–H and O–H groups in total. The predicted octanol–water partition coefficient (Wildman–Crippen LogP) is 4.99. The first-order valence-corrected chi connectivity index (χ1v) is 11.6. The van der Waals surface area contributed by atoms with Gasteiger partial charge in [-0.2, -0.15) is 4.39 Å². The third kappa shape index (κ3) is 10.0. The number of unbranched alkanes of at least 4 members (excludes halogenated alkanes) is 7. The zero-order valence-electron chi connectivity index (χ0n) is 20.1. The van der Waals surface area contributed by atoms with Crippen molar-refractivity contribution in [3.05, 3.63) is 29.1 Å². The lowest BCUT2D eigenvalue weighted by molar-refractivity contribution is -0.139. The maximum absolute atomic E-state index is 14.1. The fourth-order valence-corrected chi connectivity index (χ4v) is 3.33. The van der Waals surface area contributed by atoms with Gasteiger partial charge in [0.1, 0.15) is 12.6 Å². The highest BCUT2D eigenvalue weighted by Gasteiger charge is 2.27. The number of carbonyl (C=O) groups excluding carboxylic acids is 2. The summed E-state index contributed by atoms with van der Waals surface area (Å²) < 4.78 is 46.2. The topological polar surface area (TPSA) is 95.9 Å². The Hall–Kier alpha value is -2.78. The van der Waals surface area contributed by atoms with Crippen molar-refractivity contribution in [1.29, 1.82) is 0 Å². The molecule has 0 heterocycles. The summed E-state index contributed by atoms with van der Waals surface area (Å²) in [6.45, 7) is 2.83. The van der Waals surface area contributed by atoms with Crippen molar-refractivity contribution >= 4 is 17.8 Å². The number of amides is 2. The normalized spacial score (nSPS) is 11.7. The van der Waals surface area contributed by atoms with Crippen molar-refractivity contribution < 1.29 is 37.4 Å². The molecule has 7 nitrogen and oxygen atoms in total. The van der Waals surface area contributed by atoms with E-state index >= 15 is 0 Å². The Morgan fingerprint density at radius 2 is 1.62 bits per heavy atom.